The van der Waals surface area contributed by atoms with Gasteiger partial charge in [-0.2, -0.15) is 4.98 Å². The molecule has 27 heavy (non-hydrogen) atoms. The zero-order valence-corrected chi connectivity index (χ0v) is 16.3. The zero-order chi connectivity index (χ0) is 19.6. The molecule has 2 bridgehead atoms. The molecule has 1 aromatic heterocycles. The Labute approximate surface area is 158 Å². The van der Waals surface area contributed by atoms with Crippen LogP contribution in [0.1, 0.15) is 36.2 Å². The highest BCUT2D eigenvalue weighted by Crippen LogP contribution is 2.29. The van der Waals surface area contributed by atoms with Gasteiger partial charge in [0.2, 0.25) is 11.8 Å². The monoisotopic (exact) mass is 376 g/mol. The van der Waals surface area contributed by atoms with Crippen LogP contribution in [0.5, 0.6) is 0 Å². The highest BCUT2D eigenvalue weighted by molar-refractivity contribution is 5.83. The quantitative estimate of drug-likeness (QED) is 0.776. The molecule has 4 heterocycles. The third-order valence-electron chi connectivity index (χ3n) is 5.72. The maximum absolute atomic E-state index is 12.8. The van der Waals surface area contributed by atoms with Crippen molar-refractivity contribution in [1.82, 2.24) is 19.8 Å². The minimum absolute atomic E-state index is 0.0540. The van der Waals surface area contributed by atoms with E-state index in [4.69, 9.17) is 4.74 Å². The Morgan fingerprint density at radius 3 is 2.74 bits per heavy atom. The van der Waals surface area contributed by atoms with Crippen molar-refractivity contribution >= 4 is 11.8 Å². The molecule has 0 aromatic carbocycles. The summed E-state index contributed by atoms with van der Waals surface area (Å²) in [7, 11) is 1.63. The van der Waals surface area contributed by atoms with Gasteiger partial charge in [0.1, 0.15) is 0 Å². The number of nitrogens with one attached hydrogen (secondary N) is 1. The SMILES string of the molecule is COCCN1C(=O)[C@H]2CC[C@@H]1CN(C(=O)CCc1c(C)nc(=O)[nH]c1C)C2. The number of nitrogens with zero attached hydrogens (tertiary/aromatic N) is 3. The summed E-state index contributed by atoms with van der Waals surface area (Å²) in [6.07, 6.45) is 2.67. The molecule has 8 nitrogen and oxygen atoms in total. The molecule has 0 radical (unpaired) electrons. The van der Waals surface area contributed by atoms with Gasteiger partial charge in [0.05, 0.1) is 12.5 Å². The smallest absolute Gasteiger partial charge is 0.345 e. The normalized spacial score (nSPS) is 22.3. The second-order valence-electron chi connectivity index (χ2n) is 7.48. The van der Waals surface area contributed by atoms with Crippen LogP contribution >= 0.6 is 0 Å². The number of hydrogen-bond donors (Lipinski definition) is 1. The Balaban J connectivity index is 1.66. The van der Waals surface area contributed by atoms with Crippen LogP contribution < -0.4 is 5.69 Å². The molecular formula is C19H28N4O4. The number of amides is 2. The molecule has 3 aliphatic rings. The molecule has 0 unspecified atom stereocenters. The maximum Gasteiger partial charge on any atom is 0.345 e. The molecule has 8 heteroatoms. The number of aromatic nitrogens is 2. The third-order valence-corrected chi connectivity index (χ3v) is 5.72. The van der Waals surface area contributed by atoms with Crippen LogP contribution in [-0.2, 0) is 20.7 Å². The second-order valence-corrected chi connectivity index (χ2v) is 7.48. The van der Waals surface area contributed by atoms with E-state index in [1.54, 1.807) is 14.0 Å². The minimum atomic E-state index is -0.362. The van der Waals surface area contributed by atoms with Crippen LogP contribution in [0.25, 0.3) is 0 Å². The van der Waals surface area contributed by atoms with Crippen molar-refractivity contribution < 1.29 is 14.3 Å². The average molecular weight is 376 g/mol. The molecule has 0 spiro atoms. The van der Waals surface area contributed by atoms with E-state index in [1.807, 2.05) is 16.7 Å². The summed E-state index contributed by atoms with van der Waals surface area (Å²) in [6, 6.07) is 0.0774. The number of carbonyl (C=O) groups is 2. The number of fused-ring (bicyclic) bond motifs is 4. The molecule has 148 valence electrons. The fourth-order valence-electron chi connectivity index (χ4n) is 4.24. The number of rotatable bonds is 6. The van der Waals surface area contributed by atoms with E-state index in [2.05, 4.69) is 9.97 Å². The van der Waals surface area contributed by atoms with E-state index < -0.39 is 0 Å². The Morgan fingerprint density at radius 2 is 2.04 bits per heavy atom. The van der Waals surface area contributed by atoms with Gasteiger partial charge >= 0.3 is 5.69 Å². The van der Waals surface area contributed by atoms with Crippen molar-refractivity contribution in [2.45, 2.75) is 45.6 Å². The van der Waals surface area contributed by atoms with E-state index >= 15 is 0 Å². The van der Waals surface area contributed by atoms with Crippen LogP contribution in [-0.4, -0.2) is 71.0 Å². The van der Waals surface area contributed by atoms with Gasteiger partial charge in [-0.3, -0.25) is 9.59 Å². The predicted octanol–water partition coefficient (Wildman–Crippen LogP) is 0.415. The average Bonchev–Trinajstić information content (AvgIpc) is 2.90. The molecule has 1 N–H and O–H groups in total. The second kappa shape index (κ2) is 8.21. The van der Waals surface area contributed by atoms with Crippen molar-refractivity contribution in [2.24, 2.45) is 5.92 Å². The molecule has 3 fully saturated rings. The summed E-state index contributed by atoms with van der Waals surface area (Å²) in [5.41, 5.74) is 1.98. The molecule has 0 aliphatic carbocycles. The third kappa shape index (κ3) is 4.21. The number of piperidine rings is 1. The number of H-pyrrole nitrogens is 1. The standard InChI is InChI=1S/C19H28N4O4/c1-12-16(13(2)21-19(26)20-12)6-7-17(24)22-10-14-4-5-15(11-22)23(18(14)25)8-9-27-3/h14-15H,4-11H2,1-3H3,(H,20,21,26)/t14-,15+/m0/s1. The molecule has 1 aromatic rings. The van der Waals surface area contributed by atoms with Crippen LogP contribution in [0.3, 0.4) is 0 Å². The number of ether oxygens (including phenoxy) is 1. The molecule has 0 saturated carbocycles. The molecule has 3 aliphatic heterocycles. The van der Waals surface area contributed by atoms with Gasteiger partial charge in [-0.25, -0.2) is 4.79 Å². The lowest BCUT2D eigenvalue weighted by atomic mass is 9.94. The topological polar surface area (TPSA) is 95.6 Å². The number of hydrogen-bond acceptors (Lipinski definition) is 5. The molecule has 3 saturated heterocycles. The molecule has 2 atom stereocenters. The lowest BCUT2D eigenvalue weighted by Crippen LogP contribution is -2.49. The molecule has 4 rings (SSSR count). The Hall–Kier alpha value is -2.22. The summed E-state index contributed by atoms with van der Waals surface area (Å²) >= 11 is 0. The largest absolute Gasteiger partial charge is 0.383 e. The van der Waals surface area contributed by atoms with Gasteiger partial charge in [-0.15, -0.1) is 0 Å². The van der Waals surface area contributed by atoms with Crippen LogP contribution in [0, 0.1) is 19.8 Å². The zero-order valence-electron chi connectivity index (χ0n) is 16.3. The first-order valence-corrected chi connectivity index (χ1v) is 9.54. The van der Waals surface area contributed by atoms with Crippen LogP contribution in [0.15, 0.2) is 4.79 Å². The number of methoxy groups -OCH3 is 1. The van der Waals surface area contributed by atoms with E-state index in [0.717, 1.165) is 24.1 Å². The van der Waals surface area contributed by atoms with Gasteiger partial charge in [0, 0.05) is 50.6 Å². The van der Waals surface area contributed by atoms with E-state index in [1.165, 1.54) is 0 Å². The van der Waals surface area contributed by atoms with Crippen LogP contribution in [0.4, 0.5) is 0 Å². The van der Waals surface area contributed by atoms with Crippen molar-refractivity contribution in [2.75, 3.05) is 33.4 Å². The predicted molar refractivity (Wildman–Crippen MR) is 99.3 cm³/mol. The highest BCUT2D eigenvalue weighted by Gasteiger charge is 2.41. The van der Waals surface area contributed by atoms with Gasteiger partial charge in [0.25, 0.3) is 0 Å². The number of aryl methyl sites for hydroxylation is 2. The summed E-state index contributed by atoms with van der Waals surface area (Å²) in [5.74, 6) is 0.0937. The Bertz CT molecular complexity index is 749. The van der Waals surface area contributed by atoms with Crippen molar-refractivity contribution in [3.63, 3.8) is 0 Å². The van der Waals surface area contributed by atoms with Crippen molar-refractivity contribution in [1.29, 1.82) is 0 Å². The first-order valence-electron chi connectivity index (χ1n) is 9.54. The summed E-state index contributed by atoms with van der Waals surface area (Å²) in [5, 5.41) is 0. The summed E-state index contributed by atoms with van der Waals surface area (Å²) in [6.45, 7) is 5.81. The highest BCUT2D eigenvalue weighted by atomic mass is 16.5. The fraction of sp³-hybridized carbons (Fsp3) is 0.684. The van der Waals surface area contributed by atoms with Gasteiger partial charge in [-0.1, -0.05) is 0 Å². The summed E-state index contributed by atoms with van der Waals surface area (Å²) < 4.78 is 5.13. The van der Waals surface area contributed by atoms with E-state index in [0.29, 0.717) is 44.8 Å². The van der Waals surface area contributed by atoms with Gasteiger partial charge < -0.3 is 19.5 Å². The number of aromatic amines is 1. The van der Waals surface area contributed by atoms with Gasteiger partial charge in [0.15, 0.2) is 0 Å². The minimum Gasteiger partial charge on any atom is -0.383 e. The first-order chi connectivity index (χ1) is 12.9. The van der Waals surface area contributed by atoms with Crippen molar-refractivity contribution in [3.8, 4) is 0 Å². The molecular weight excluding hydrogens is 348 g/mol. The summed E-state index contributed by atoms with van der Waals surface area (Å²) in [4.78, 5) is 47.3. The maximum atomic E-state index is 12.8. The molecule has 2 amide bonds. The Kier molecular flexibility index (Phi) is 5.94. The fourth-order valence-corrected chi connectivity index (χ4v) is 4.24. The van der Waals surface area contributed by atoms with Crippen molar-refractivity contribution in [3.05, 3.63) is 27.4 Å². The lowest BCUT2D eigenvalue weighted by Gasteiger charge is -2.35. The van der Waals surface area contributed by atoms with E-state index in [-0.39, 0.29) is 29.5 Å². The lowest BCUT2D eigenvalue weighted by molar-refractivity contribution is -0.140. The first kappa shape index (κ1) is 19.5. The van der Waals surface area contributed by atoms with Gasteiger partial charge in [-0.05, 0) is 38.7 Å². The number of carbonyl (C=O) groups excluding carboxylic acids is 2. The van der Waals surface area contributed by atoms with Crippen LogP contribution in [0.2, 0.25) is 0 Å². The van der Waals surface area contributed by atoms with E-state index in [9.17, 15) is 14.4 Å². The Morgan fingerprint density at radius 1 is 1.26 bits per heavy atom.